The number of hydrogen-bond acceptors (Lipinski definition) is 4. The molecule has 4 nitrogen and oxygen atoms in total. The minimum Gasteiger partial charge on any atom is -0.371 e. The normalized spacial score (nSPS) is 14.7. The molecule has 0 fully saturated rings. The standard InChI is InChI=1S/C5H6O4S2/c6-5(11(7,8)9)4-1-2-10-3-4/h1-3,5-6H,(H,7,8,9). The summed E-state index contributed by atoms with van der Waals surface area (Å²) < 4.78 is 29.1. The molecule has 0 aromatic carbocycles. The molecule has 1 aromatic heterocycles. The summed E-state index contributed by atoms with van der Waals surface area (Å²) in [5.41, 5.74) is -1.62. The molecule has 11 heavy (non-hydrogen) atoms. The fourth-order valence-electron chi connectivity index (χ4n) is 0.587. The molecular formula is C5H6O4S2. The molecule has 0 radical (unpaired) electrons. The van der Waals surface area contributed by atoms with Gasteiger partial charge in [-0.05, 0) is 16.8 Å². The highest BCUT2D eigenvalue weighted by molar-refractivity contribution is 7.85. The quantitative estimate of drug-likeness (QED) is 0.677. The van der Waals surface area contributed by atoms with Gasteiger partial charge in [0.05, 0.1) is 0 Å². The molecule has 0 aliphatic rings. The molecular weight excluding hydrogens is 188 g/mol. The first-order valence-electron chi connectivity index (χ1n) is 2.68. The molecule has 0 aliphatic heterocycles. The van der Waals surface area contributed by atoms with E-state index >= 15 is 0 Å². The van der Waals surface area contributed by atoms with E-state index in [2.05, 4.69) is 0 Å². The second kappa shape index (κ2) is 2.90. The van der Waals surface area contributed by atoms with Crippen LogP contribution in [0, 0.1) is 0 Å². The van der Waals surface area contributed by atoms with Gasteiger partial charge in [0.25, 0.3) is 10.1 Å². The zero-order valence-electron chi connectivity index (χ0n) is 5.34. The zero-order chi connectivity index (χ0) is 8.48. The van der Waals surface area contributed by atoms with Gasteiger partial charge < -0.3 is 5.11 Å². The third-order valence-corrected chi connectivity index (χ3v) is 2.65. The average Bonchev–Trinajstić information content (AvgIpc) is 2.34. The lowest BCUT2D eigenvalue weighted by Crippen LogP contribution is -2.09. The zero-order valence-corrected chi connectivity index (χ0v) is 6.97. The molecule has 1 heterocycles. The van der Waals surface area contributed by atoms with Gasteiger partial charge in [0.15, 0.2) is 0 Å². The lowest BCUT2D eigenvalue weighted by atomic mass is 10.4. The smallest absolute Gasteiger partial charge is 0.296 e. The minimum absolute atomic E-state index is 0.192. The van der Waals surface area contributed by atoms with Gasteiger partial charge in [-0.2, -0.15) is 19.8 Å². The molecule has 62 valence electrons. The summed E-state index contributed by atoms with van der Waals surface area (Å²) in [6.45, 7) is 0. The Hall–Kier alpha value is -0.430. The van der Waals surface area contributed by atoms with Crippen LogP contribution in [0.25, 0.3) is 0 Å². The van der Waals surface area contributed by atoms with E-state index < -0.39 is 15.6 Å². The Kier molecular flexibility index (Phi) is 2.28. The summed E-state index contributed by atoms with van der Waals surface area (Å²) in [4.78, 5) is 0. The predicted octanol–water partition coefficient (Wildman–Crippen LogP) is 0.627. The summed E-state index contributed by atoms with van der Waals surface area (Å²) in [5.74, 6) is 0. The summed E-state index contributed by atoms with van der Waals surface area (Å²) >= 11 is 1.25. The molecule has 6 heteroatoms. The SMILES string of the molecule is O=S(=O)(O)C(O)c1ccsc1. The highest BCUT2D eigenvalue weighted by Crippen LogP contribution is 2.19. The van der Waals surface area contributed by atoms with E-state index in [-0.39, 0.29) is 5.56 Å². The van der Waals surface area contributed by atoms with Crippen molar-refractivity contribution in [1.29, 1.82) is 0 Å². The summed E-state index contributed by atoms with van der Waals surface area (Å²) in [6, 6.07) is 1.43. The largest absolute Gasteiger partial charge is 0.371 e. The summed E-state index contributed by atoms with van der Waals surface area (Å²) in [7, 11) is -4.36. The van der Waals surface area contributed by atoms with Gasteiger partial charge in [0.2, 0.25) is 5.44 Å². The van der Waals surface area contributed by atoms with E-state index in [9.17, 15) is 8.42 Å². The first-order valence-corrected chi connectivity index (χ1v) is 5.13. The van der Waals surface area contributed by atoms with Crippen molar-refractivity contribution in [2.45, 2.75) is 5.44 Å². The Morgan fingerprint density at radius 2 is 2.18 bits per heavy atom. The van der Waals surface area contributed by atoms with E-state index in [1.807, 2.05) is 0 Å². The van der Waals surface area contributed by atoms with Crippen LogP contribution in [-0.2, 0) is 10.1 Å². The fourth-order valence-corrected chi connectivity index (χ4v) is 1.84. The van der Waals surface area contributed by atoms with E-state index in [0.29, 0.717) is 0 Å². The topological polar surface area (TPSA) is 74.6 Å². The van der Waals surface area contributed by atoms with Crippen molar-refractivity contribution in [1.82, 2.24) is 0 Å². The van der Waals surface area contributed by atoms with Crippen LogP contribution < -0.4 is 0 Å². The third-order valence-electron chi connectivity index (χ3n) is 1.11. The van der Waals surface area contributed by atoms with Gasteiger partial charge in [0.1, 0.15) is 0 Å². The molecule has 0 amide bonds. The van der Waals surface area contributed by atoms with Crippen LogP contribution >= 0.6 is 11.3 Å². The summed E-state index contributed by atoms with van der Waals surface area (Å²) in [6.07, 6.45) is 0. The van der Waals surface area contributed by atoms with Crippen molar-refractivity contribution in [2.75, 3.05) is 0 Å². The monoisotopic (exact) mass is 194 g/mol. The van der Waals surface area contributed by atoms with Crippen LogP contribution in [0.3, 0.4) is 0 Å². The predicted molar refractivity (Wildman–Crippen MR) is 40.8 cm³/mol. The van der Waals surface area contributed by atoms with Crippen molar-refractivity contribution in [3.8, 4) is 0 Å². The molecule has 0 saturated heterocycles. The Balaban J connectivity index is 2.97. The van der Waals surface area contributed by atoms with Gasteiger partial charge in [-0.3, -0.25) is 4.55 Å². The molecule has 1 aromatic rings. The van der Waals surface area contributed by atoms with E-state index in [0.717, 1.165) is 0 Å². The number of hydrogen-bond donors (Lipinski definition) is 2. The van der Waals surface area contributed by atoms with Crippen molar-refractivity contribution >= 4 is 21.5 Å². The fraction of sp³-hybridized carbons (Fsp3) is 0.200. The molecule has 0 aliphatic carbocycles. The molecule has 1 rings (SSSR count). The van der Waals surface area contributed by atoms with E-state index in [4.69, 9.17) is 9.66 Å². The van der Waals surface area contributed by atoms with E-state index in [1.54, 1.807) is 5.38 Å². The lowest BCUT2D eigenvalue weighted by molar-refractivity contribution is 0.239. The molecule has 2 N–H and O–H groups in total. The first kappa shape index (κ1) is 8.66. The molecule has 1 unspecified atom stereocenters. The van der Waals surface area contributed by atoms with Crippen LogP contribution in [0.15, 0.2) is 16.8 Å². The maximum atomic E-state index is 10.3. The van der Waals surface area contributed by atoms with Crippen molar-refractivity contribution in [3.05, 3.63) is 22.4 Å². The molecule has 0 bridgehead atoms. The summed E-state index contributed by atoms with van der Waals surface area (Å²) in [5, 5.41) is 12.0. The van der Waals surface area contributed by atoms with Gasteiger partial charge in [-0.15, -0.1) is 0 Å². The van der Waals surface area contributed by atoms with Gasteiger partial charge in [0, 0.05) is 5.56 Å². The van der Waals surface area contributed by atoms with Crippen LogP contribution in [0.5, 0.6) is 0 Å². The first-order chi connectivity index (χ1) is 5.02. The third kappa shape index (κ3) is 2.00. The number of thiophene rings is 1. The Morgan fingerprint density at radius 3 is 2.55 bits per heavy atom. The lowest BCUT2D eigenvalue weighted by Gasteiger charge is -2.02. The van der Waals surface area contributed by atoms with Gasteiger partial charge in [-0.1, -0.05) is 0 Å². The van der Waals surface area contributed by atoms with Crippen molar-refractivity contribution < 1.29 is 18.1 Å². The highest BCUT2D eigenvalue weighted by atomic mass is 32.2. The van der Waals surface area contributed by atoms with Gasteiger partial charge in [-0.25, -0.2) is 0 Å². The number of rotatable bonds is 2. The van der Waals surface area contributed by atoms with Crippen LogP contribution in [0.2, 0.25) is 0 Å². The van der Waals surface area contributed by atoms with Crippen LogP contribution in [0.1, 0.15) is 11.0 Å². The second-order valence-electron chi connectivity index (χ2n) is 1.92. The van der Waals surface area contributed by atoms with Crippen molar-refractivity contribution in [2.24, 2.45) is 0 Å². The van der Waals surface area contributed by atoms with E-state index in [1.165, 1.54) is 22.8 Å². The maximum absolute atomic E-state index is 10.3. The minimum atomic E-state index is -4.36. The van der Waals surface area contributed by atoms with Crippen molar-refractivity contribution in [3.63, 3.8) is 0 Å². The molecule has 1 atom stereocenters. The molecule has 0 spiro atoms. The number of aliphatic hydroxyl groups excluding tert-OH is 1. The van der Waals surface area contributed by atoms with Crippen LogP contribution in [0.4, 0.5) is 0 Å². The Bertz CT molecular complexity index is 312. The average molecular weight is 194 g/mol. The molecule has 0 saturated carbocycles. The Morgan fingerprint density at radius 1 is 1.55 bits per heavy atom. The highest BCUT2D eigenvalue weighted by Gasteiger charge is 2.21. The second-order valence-corrected chi connectivity index (χ2v) is 4.18. The maximum Gasteiger partial charge on any atom is 0.296 e. The van der Waals surface area contributed by atoms with Gasteiger partial charge >= 0.3 is 0 Å². The van der Waals surface area contributed by atoms with Crippen LogP contribution in [-0.4, -0.2) is 18.1 Å². The number of aliphatic hydroxyl groups is 1. The Labute approximate surface area is 67.9 Å².